The van der Waals surface area contributed by atoms with Gasteiger partial charge in [0.2, 0.25) is 0 Å². The molecule has 0 aromatic heterocycles. The first-order chi connectivity index (χ1) is 18.4. The molecule has 0 spiro atoms. The van der Waals surface area contributed by atoms with Gasteiger partial charge in [-0.15, -0.1) is 0 Å². The van der Waals surface area contributed by atoms with Crippen LogP contribution in [0.25, 0.3) is 17.2 Å². The molecule has 8 heteroatoms. The molecule has 0 N–H and O–H groups in total. The molecule has 0 saturated carbocycles. The van der Waals surface area contributed by atoms with Gasteiger partial charge >= 0.3 is 245 Å². The molecule has 3 aliphatic rings. The Hall–Kier alpha value is -1.66. The van der Waals surface area contributed by atoms with E-state index in [4.69, 9.17) is 0 Å². The van der Waals surface area contributed by atoms with Gasteiger partial charge in [0.25, 0.3) is 0 Å². The molecule has 1 atom stereocenters. The molecule has 0 bridgehead atoms. The molecule has 0 saturated heterocycles. The van der Waals surface area contributed by atoms with Gasteiger partial charge in [-0.1, -0.05) is 0 Å². The number of fused-ring (bicyclic) bond motifs is 2. The second-order valence-corrected chi connectivity index (χ2v) is 29.6. The predicted molar refractivity (Wildman–Crippen MR) is 148 cm³/mol. The first kappa shape index (κ1) is 29.8. The number of hydrogen-bond donors (Lipinski definition) is 0. The van der Waals surface area contributed by atoms with E-state index in [-0.39, 0.29) is 15.3 Å². The zero-order valence-electron chi connectivity index (χ0n) is 23.9. The van der Waals surface area contributed by atoms with Crippen LogP contribution in [0.3, 0.4) is 0 Å². The zero-order valence-corrected chi connectivity index (χ0v) is 27.4. The Morgan fingerprint density at radius 1 is 0.775 bits per heavy atom. The number of halogens is 6. The van der Waals surface area contributed by atoms with E-state index < -0.39 is 51.1 Å². The molecule has 0 nitrogen and oxygen atoms in total. The molecule has 0 heterocycles. The molecule has 0 fully saturated rings. The summed E-state index contributed by atoms with van der Waals surface area (Å²) in [6.45, 7) is 16.0. The topological polar surface area (TPSA) is 0 Å². The number of aryl methyl sites for hydroxylation is 1. The fourth-order valence-electron chi connectivity index (χ4n) is 7.24. The van der Waals surface area contributed by atoms with E-state index in [9.17, 15) is 26.3 Å². The van der Waals surface area contributed by atoms with Crippen LogP contribution in [0.15, 0.2) is 52.1 Å². The van der Waals surface area contributed by atoms with Crippen molar-refractivity contribution in [2.45, 2.75) is 88.5 Å². The fraction of sp³-hybridized carbons (Fsp3) is 0.438. The molecule has 0 amide bonds. The first-order valence-corrected chi connectivity index (χ1v) is 21.9. The van der Waals surface area contributed by atoms with Crippen molar-refractivity contribution in [1.82, 2.24) is 0 Å². The van der Waals surface area contributed by atoms with Gasteiger partial charge in [-0.25, -0.2) is 0 Å². The number of alkyl halides is 6. The fourth-order valence-corrected chi connectivity index (χ4v) is 24.7. The van der Waals surface area contributed by atoms with Crippen LogP contribution in [-0.4, -0.2) is 5.20 Å². The van der Waals surface area contributed by atoms with Crippen molar-refractivity contribution in [2.24, 2.45) is 0 Å². The van der Waals surface area contributed by atoms with Crippen molar-refractivity contribution in [3.63, 3.8) is 0 Å². The van der Waals surface area contributed by atoms with Gasteiger partial charge in [0.15, 0.2) is 0 Å². The molecule has 2 aromatic carbocycles. The standard InChI is InChI=1S/C21H15F6.C11H19Si.Zr/c1-11-5-13-7-12-3-2-4-17(12)19(18(13)6-11)14-8-15(20(22,23)24)10-16(9-14)21(25,26)27;1-7-8(2)10(4)11(9(7)3)12(5)6;/h5-10H,2-4H2,1H3;11H,1-6H3;. The van der Waals surface area contributed by atoms with E-state index in [0.29, 0.717) is 17.5 Å². The Balaban J connectivity index is 1.66. The van der Waals surface area contributed by atoms with Crippen molar-refractivity contribution < 1.29 is 48.7 Å². The molecule has 212 valence electrons. The van der Waals surface area contributed by atoms with Crippen LogP contribution in [0.5, 0.6) is 0 Å². The van der Waals surface area contributed by atoms with E-state index >= 15 is 0 Å². The minimum atomic E-state index is -4.87. The van der Waals surface area contributed by atoms with Gasteiger partial charge in [-0.2, -0.15) is 0 Å². The van der Waals surface area contributed by atoms with E-state index in [2.05, 4.69) is 59.9 Å². The molecule has 40 heavy (non-hydrogen) atoms. The minimum absolute atomic E-state index is 0.0309. The van der Waals surface area contributed by atoms with E-state index in [0.717, 1.165) is 47.2 Å². The first-order valence-electron chi connectivity index (χ1n) is 13.7. The Morgan fingerprint density at radius 2 is 1.32 bits per heavy atom. The van der Waals surface area contributed by atoms with Crippen LogP contribution in [0.1, 0.15) is 78.0 Å². The van der Waals surface area contributed by atoms with Crippen LogP contribution in [0.2, 0.25) is 18.6 Å². The van der Waals surface area contributed by atoms with Crippen LogP contribution < -0.4 is 0 Å². The van der Waals surface area contributed by atoms with Crippen molar-refractivity contribution >= 4 is 11.3 Å². The second kappa shape index (κ2) is 9.97. The summed E-state index contributed by atoms with van der Waals surface area (Å²) in [4.78, 5) is 0. The average Bonchev–Trinajstić information content (AvgIpc) is 3.48. The maximum atomic E-state index is 13.8. The summed E-state index contributed by atoms with van der Waals surface area (Å²) < 4.78 is 83.1. The summed E-state index contributed by atoms with van der Waals surface area (Å²) in [5.41, 5.74) is 9.56. The molecule has 2 aromatic rings. The van der Waals surface area contributed by atoms with Crippen LogP contribution in [-0.2, 0) is 47.6 Å². The Kier molecular flexibility index (Phi) is 7.43. The summed E-state index contributed by atoms with van der Waals surface area (Å²) in [5.74, 6) is 0. The third kappa shape index (κ3) is 4.99. The van der Waals surface area contributed by atoms with Gasteiger partial charge in [0.1, 0.15) is 0 Å². The third-order valence-corrected chi connectivity index (χ3v) is 24.3. The van der Waals surface area contributed by atoms with Gasteiger partial charge in [-0.3, -0.25) is 0 Å². The van der Waals surface area contributed by atoms with Crippen LogP contribution in [0, 0.1) is 0 Å². The van der Waals surface area contributed by atoms with E-state index in [1.54, 1.807) is 0 Å². The van der Waals surface area contributed by atoms with E-state index in [1.807, 2.05) is 0 Å². The molecule has 1 unspecified atom stereocenters. The number of allylic oxidation sites excluding steroid dienone is 5. The summed E-state index contributed by atoms with van der Waals surface area (Å²) in [5, 5.41) is -1.73. The predicted octanol–water partition coefficient (Wildman–Crippen LogP) is 10.7. The zero-order chi connectivity index (χ0) is 29.5. The number of benzene rings is 2. The summed E-state index contributed by atoms with van der Waals surface area (Å²) in [7, 11) is 0. The molecule has 0 radical (unpaired) electrons. The van der Waals surface area contributed by atoms with Gasteiger partial charge < -0.3 is 0 Å². The number of hydrogen-bond acceptors (Lipinski definition) is 0. The number of rotatable bonds is 4. The average molecular weight is 652 g/mol. The van der Waals surface area contributed by atoms with Crippen molar-refractivity contribution in [1.29, 1.82) is 0 Å². The summed E-state index contributed by atoms with van der Waals surface area (Å²) in [6, 6.07) is 4.33. The SMILES string of the molecule is CC1=Cc2c(cc3c(c2-c2cc(C(F)(F)F)cc(C(F)(F)F)c2)CCC3)[CH]1[Zr][Si](C)(C)C1C(C)=C(C)C(C)=C1C. The summed E-state index contributed by atoms with van der Waals surface area (Å²) in [6.07, 6.45) is -5.33. The summed E-state index contributed by atoms with van der Waals surface area (Å²) >= 11 is -1.08. The van der Waals surface area contributed by atoms with Crippen molar-refractivity contribution in [3.8, 4) is 11.1 Å². The Bertz CT molecular complexity index is 1450. The van der Waals surface area contributed by atoms with Gasteiger partial charge in [-0.05, 0) is 0 Å². The maximum absolute atomic E-state index is 13.8. The Morgan fingerprint density at radius 3 is 1.85 bits per heavy atom. The van der Waals surface area contributed by atoms with Crippen molar-refractivity contribution in [2.75, 3.05) is 0 Å². The van der Waals surface area contributed by atoms with Gasteiger partial charge in [0.05, 0.1) is 0 Å². The molecular formula is C32H34F6SiZr. The third-order valence-electron chi connectivity index (χ3n) is 9.34. The quantitative estimate of drug-likeness (QED) is 0.228. The normalized spacial score (nSPS) is 19.9. The monoisotopic (exact) mass is 650 g/mol. The molecule has 0 aliphatic heterocycles. The molecule has 3 aliphatic carbocycles. The van der Waals surface area contributed by atoms with Gasteiger partial charge in [0, 0.05) is 0 Å². The van der Waals surface area contributed by atoms with Crippen LogP contribution in [0.4, 0.5) is 26.3 Å². The molecular weight excluding hydrogens is 618 g/mol. The Labute approximate surface area is 244 Å². The molecule has 5 rings (SSSR count). The van der Waals surface area contributed by atoms with Crippen molar-refractivity contribution in [3.05, 3.63) is 85.5 Å². The van der Waals surface area contributed by atoms with Crippen LogP contribution >= 0.6 is 0 Å². The van der Waals surface area contributed by atoms with E-state index in [1.165, 1.54) is 27.9 Å². The second-order valence-electron chi connectivity index (χ2n) is 12.3.